The standard InChI is InChI=1S/C13H26N2O2/c1-3-5-14-13-10-17-9-11(13)7-15-6-4-12(8-15)16-2/h11-14H,3-10H2,1-2H3. The smallest absolute Gasteiger partial charge is 0.0710 e. The highest BCUT2D eigenvalue weighted by Crippen LogP contribution is 2.19. The second kappa shape index (κ2) is 6.69. The lowest BCUT2D eigenvalue weighted by atomic mass is 10.0. The number of nitrogens with zero attached hydrogens (tertiary/aromatic N) is 1. The van der Waals surface area contributed by atoms with Crippen molar-refractivity contribution in [3.63, 3.8) is 0 Å². The van der Waals surface area contributed by atoms with Crippen molar-refractivity contribution in [1.82, 2.24) is 10.2 Å². The second-order valence-electron chi connectivity index (χ2n) is 5.26. The van der Waals surface area contributed by atoms with Gasteiger partial charge in [0.2, 0.25) is 0 Å². The summed E-state index contributed by atoms with van der Waals surface area (Å²) in [6, 6.07) is 0.552. The van der Waals surface area contributed by atoms with E-state index in [2.05, 4.69) is 17.1 Å². The van der Waals surface area contributed by atoms with Crippen molar-refractivity contribution in [1.29, 1.82) is 0 Å². The highest BCUT2D eigenvalue weighted by Gasteiger charge is 2.31. The third kappa shape index (κ3) is 3.65. The van der Waals surface area contributed by atoms with Crippen molar-refractivity contribution in [2.45, 2.75) is 31.9 Å². The maximum absolute atomic E-state index is 5.61. The molecule has 0 aromatic rings. The molecule has 0 saturated carbocycles. The van der Waals surface area contributed by atoms with Gasteiger partial charge in [-0.2, -0.15) is 0 Å². The van der Waals surface area contributed by atoms with Crippen LogP contribution in [0.25, 0.3) is 0 Å². The van der Waals surface area contributed by atoms with Crippen LogP contribution in [0.15, 0.2) is 0 Å². The first-order valence-corrected chi connectivity index (χ1v) is 6.89. The number of likely N-dealkylation sites (tertiary alicyclic amines) is 1. The summed E-state index contributed by atoms with van der Waals surface area (Å²) in [6.45, 7) is 8.53. The summed E-state index contributed by atoms with van der Waals surface area (Å²) in [5.74, 6) is 0.650. The number of hydrogen-bond acceptors (Lipinski definition) is 4. The molecule has 0 radical (unpaired) electrons. The molecule has 2 aliphatic rings. The van der Waals surface area contributed by atoms with Gasteiger partial charge in [0.1, 0.15) is 0 Å². The van der Waals surface area contributed by atoms with Crippen LogP contribution in [-0.4, -0.2) is 63.5 Å². The lowest BCUT2D eigenvalue weighted by molar-refractivity contribution is 0.104. The van der Waals surface area contributed by atoms with E-state index in [4.69, 9.17) is 9.47 Å². The number of hydrogen-bond donors (Lipinski definition) is 1. The van der Waals surface area contributed by atoms with Gasteiger partial charge in [0.25, 0.3) is 0 Å². The highest BCUT2D eigenvalue weighted by atomic mass is 16.5. The normalized spacial score (nSPS) is 34.6. The van der Waals surface area contributed by atoms with Gasteiger partial charge in [-0.3, -0.25) is 0 Å². The van der Waals surface area contributed by atoms with Gasteiger partial charge in [-0.15, -0.1) is 0 Å². The van der Waals surface area contributed by atoms with Gasteiger partial charge in [-0.1, -0.05) is 6.92 Å². The molecule has 3 atom stereocenters. The van der Waals surface area contributed by atoms with E-state index in [1.807, 2.05) is 7.11 Å². The first-order valence-electron chi connectivity index (χ1n) is 6.89. The van der Waals surface area contributed by atoms with Gasteiger partial charge in [0.05, 0.1) is 19.3 Å². The van der Waals surface area contributed by atoms with E-state index in [0.29, 0.717) is 18.1 Å². The van der Waals surface area contributed by atoms with Crippen molar-refractivity contribution in [3.8, 4) is 0 Å². The van der Waals surface area contributed by atoms with Crippen molar-refractivity contribution in [2.75, 3.05) is 46.5 Å². The zero-order valence-electron chi connectivity index (χ0n) is 11.2. The van der Waals surface area contributed by atoms with Gasteiger partial charge in [0, 0.05) is 38.7 Å². The fraction of sp³-hybridized carbons (Fsp3) is 1.00. The van der Waals surface area contributed by atoms with Crippen LogP contribution in [0, 0.1) is 5.92 Å². The summed E-state index contributed by atoms with van der Waals surface area (Å²) >= 11 is 0. The van der Waals surface area contributed by atoms with Crippen LogP contribution in [0.2, 0.25) is 0 Å². The summed E-state index contributed by atoms with van der Waals surface area (Å²) in [5.41, 5.74) is 0. The Kier molecular flexibility index (Phi) is 5.22. The van der Waals surface area contributed by atoms with Crippen molar-refractivity contribution in [3.05, 3.63) is 0 Å². The van der Waals surface area contributed by atoms with Gasteiger partial charge in [-0.25, -0.2) is 0 Å². The molecule has 4 heteroatoms. The summed E-state index contributed by atoms with van der Waals surface area (Å²) in [5, 5.41) is 3.60. The molecule has 100 valence electrons. The molecule has 2 fully saturated rings. The van der Waals surface area contributed by atoms with E-state index in [0.717, 1.165) is 32.8 Å². The fourth-order valence-electron chi connectivity index (χ4n) is 2.82. The Morgan fingerprint density at radius 2 is 2.29 bits per heavy atom. The van der Waals surface area contributed by atoms with Crippen LogP contribution in [0.4, 0.5) is 0 Å². The topological polar surface area (TPSA) is 33.7 Å². The second-order valence-corrected chi connectivity index (χ2v) is 5.26. The van der Waals surface area contributed by atoms with Crippen molar-refractivity contribution in [2.24, 2.45) is 5.92 Å². The van der Waals surface area contributed by atoms with E-state index < -0.39 is 0 Å². The molecule has 3 unspecified atom stereocenters. The fourth-order valence-corrected chi connectivity index (χ4v) is 2.82. The maximum Gasteiger partial charge on any atom is 0.0710 e. The molecule has 4 nitrogen and oxygen atoms in total. The minimum absolute atomic E-state index is 0.444. The summed E-state index contributed by atoms with van der Waals surface area (Å²) in [7, 11) is 1.82. The molecule has 2 rings (SSSR count). The third-order valence-electron chi connectivity index (χ3n) is 3.91. The van der Waals surface area contributed by atoms with Gasteiger partial charge in [0.15, 0.2) is 0 Å². The minimum Gasteiger partial charge on any atom is -0.380 e. The molecule has 2 heterocycles. The SMILES string of the molecule is CCCNC1COCC1CN1CCC(OC)C1. The Balaban J connectivity index is 1.74. The molecular weight excluding hydrogens is 216 g/mol. The van der Waals surface area contributed by atoms with Crippen molar-refractivity contribution < 1.29 is 9.47 Å². The zero-order chi connectivity index (χ0) is 12.1. The molecule has 0 spiro atoms. The van der Waals surface area contributed by atoms with Gasteiger partial charge in [-0.05, 0) is 19.4 Å². The number of ether oxygens (including phenoxy) is 2. The Labute approximate surface area is 105 Å². The van der Waals surface area contributed by atoms with Gasteiger partial charge < -0.3 is 19.7 Å². The lowest BCUT2D eigenvalue weighted by Gasteiger charge is -2.24. The molecule has 2 saturated heterocycles. The maximum atomic E-state index is 5.61. The molecule has 0 bridgehead atoms. The molecule has 0 aromatic carbocycles. The number of nitrogens with one attached hydrogen (secondary N) is 1. The summed E-state index contributed by atoms with van der Waals surface area (Å²) in [4.78, 5) is 2.52. The average molecular weight is 242 g/mol. The molecule has 0 aliphatic carbocycles. The highest BCUT2D eigenvalue weighted by molar-refractivity contribution is 4.86. The Morgan fingerprint density at radius 3 is 3.00 bits per heavy atom. The predicted molar refractivity (Wildman–Crippen MR) is 68.2 cm³/mol. The third-order valence-corrected chi connectivity index (χ3v) is 3.91. The van der Waals surface area contributed by atoms with Crippen LogP contribution < -0.4 is 5.32 Å². The van der Waals surface area contributed by atoms with E-state index in [1.54, 1.807) is 0 Å². The largest absolute Gasteiger partial charge is 0.380 e. The number of methoxy groups -OCH3 is 1. The predicted octanol–water partition coefficient (Wildman–Crippen LogP) is 0.722. The van der Waals surface area contributed by atoms with E-state index >= 15 is 0 Å². The Hall–Kier alpha value is -0.160. The molecule has 0 aromatic heterocycles. The molecule has 0 amide bonds. The molecular formula is C13H26N2O2. The van der Waals surface area contributed by atoms with E-state index in [-0.39, 0.29) is 0 Å². The first kappa shape index (κ1) is 13.3. The quantitative estimate of drug-likeness (QED) is 0.744. The molecule has 1 N–H and O–H groups in total. The van der Waals surface area contributed by atoms with Crippen LogP contribution in [0.1, 0.15) is 19.8 Å². The summed E-state index contributed by atoms with van der Waals surface area (Å²) in [6.07, 6.45) is 2.81. The first-order chi connectivity index (χ1) is 8.33. The Morgan fingerprint density at radius 1 is 1.41 bits per heavy atom. The molecule has 17 heavy (non-hydrogen) atoms. The van der Waals surface area contributed by atoms with Crippen molar-refractivity contribution >= 4 is 0 Å². The number of rotatable bonds is 6. The molecule has 2 aliphatic heterocycles. The van der Waals surface area contributed by atoms with Gasteiger partial charge >= 0.3 is 0 Å². The Bertz CT molecular complexity index is 225. The monoisotopic (exact) mass is 242 g/mol. The lowest BCUT2D eigenvalue weighted by Crippen LogP contribution is -2.41. The zero-order valence-corrected chi connectivity index (χ0v) is 11.2. The van der Waals surface area contributed by atoms with Crippen LogP contribution in [0.5, 0.6) is 0 Å². The summed E-state index contributed by atoms with van der Waals surface area (Å²) < 4.78 is 11.0. The van der Waals surface area contributed by atoms with Crippen LogP contribution >= 0.6 is 0 Å². The van der Waals surface area contributed by atoms with Crippen LogP contribution in [0.3, 0.4) is 0 Å². The van der Waals surface area contributed by atoms with Crippen LogP contribution in [-0.2, 0) is 9.47 Å². The van der Waals surface area contributed by atoms with E-state index in [9.17, 15) is 0 Å². The average Bonchev–Trinajstić information content (AvgIpc) is 2.96. The minimum atomic E-state index is 0.444. The van der Waals surface area contributed by atoms with E-state index in [1.165, 1.54) is 19.4 Å².